The van der Waals surface area contributed by atoms with Crippen LogP contribution in [0.15, 0.2) is 23.2 Å². The van der Waals surface area contributed by atoms with Crippen LogP contribution in [0.1, 0.15) is 28.4 Å². The normalized spacial score (nSPS) is 22.9. The van der Waals surface area contributed by atoms with Crippen LogP contribution in [0.4, 0.5) is 14.5 Å². The van der Waals surface area contributed by atoms with Crippen molar-refractivity contribution >= 4 is 17.6 Å². The second-order valence-electron chi connectivity index (χ2n) is 4.94. The van der Waals surface area contributed by atoms with E-state index in [1.165, 1.54) is 12.0 Å². The number of carbonyl (C=O) groups excluding carboxylic acids is 1. The zero-order valence-electron chi connectivity index (χ0n) is 10.8. The molecule has 0 saturated carbocycles. The van der Waals surface area contributed by atoms with Gasteiger partial charge in [-0.1, -0.05) is 0 Å². The number of nitrogens with zero attached hydrogens (tertiary/aromatic N) is 2. The molecule has 0 radical (unpaired) electrons. The van der Waals surface area contributed by atoms with Gasteiger partial charge in [0.15, 0.2) is 5.96 Å². The molecule has 0 bridgehead atoms. The summed E-state index contributed by atoms with van der Waals surface area (Å²) in [5.74, 6) is -3.23. The molecule has 2 aliphatic rings. The average molecular weight is 281 g/mol. The second kappa shape index (κ2) is 4.16. The molecule has 0 spiro atoms. The number of halogens is 2. The Kier molecular flexibility index (Phi) is 2.67. The minimum Gasteiger partial charge on any atom is -0.465 e. The highest BCUT2D eigenvalue weighted by Crippen LogP contribution is 2.46. The molecule has 2 N–H and O–H groups in total. The van der Waals surface area contributed by atoms with E-state index in [2.05, 4.69) is 9.73 Å². The van der Waals surface area contributed by atoms with Crippen LogP contribution >= 0.6 is 0 Å². The van der Waals surface area contributed by atoms with E-state index in [0.717, 1.165) is 0 Å². The Morgan fingerprint density at radius 3 is 3.00 bits per heavy atom. The van der Waals surface area contributed by atoms with Crippen LogP contribution in [-0.2, 0) is 4.74 Å². The van der Waals surface area contributed by atoms with Gasteiger partial charge in [-0.25, -0.2) is 18.6 Å². The molecule has 0 amide bonds. The summed E-state index contributed by atoms with van der Waals surface area (Å²) in [7, 11) is 1.27. The van der Waals surface area contributed by atoms with Gasteiger partial charge in [0.05, 0.1) is 30.9 Å². The van der Waals surface area contributed by atoms with Gasteiger partial charge in [-0.15, -0.1) is 0 Å². The molecule has 2 heterocycles. The van der Waals surface area contributed by atoms with Gasteiger partial charge in [0.25, 0.3) is 5.92 Å². The van der Waals surface area contributed by atoms with Crippen molar-refractivity contribution < 1.29 is 18.3 Å². The second-order valence-corrected chi connectivity index (χ2v) is 4.94. The number of fused-ring (bicyclic) bond motifs is 3. The molecule has 1 atom stereocenters. The van der Waals surface area contributed by atoms with Crippen LogP contribution in [0.3, 0.4) is 0 Å². The molecule has 106 valence electrons. The van der Waals surface area contributed by atoms with E-state index in [4.69, 9.17) is 5.73 Å². The lowest BCUT2D eigenvalue weighted by Gasteiger charge is -2.30. The SMILES string of the molecule is COC(=O)c1ccc2c(c1)[C@@H]1CC(F)(F)CN1C(N)=N2. The highest BCUT2D eigenvalue weighted by atomic mass is 19.3. The smallest absolute Gasteiger partial charge is 0.337 e. The zero-order chi connectivity index (χ0) is 14.5. The Morgan fingerprint density at radius 2 is 2.30 bits per heavy atom. The first kappa shape index (κ1) is 12.8. The lowest BCUT2D eigenvalue weighted by atomic mass is 9.98. The molecule has 0 aromatic heterocycles. The van der Waals surface area contributed by atoms with Gasteiger partial charge in [-0.05, 0) is 18.2 Å². The maximum absolute atomic E-state index is 13.6. The summed E-state index contributed by atoms with van der Waals surface area (Å²) in [5.41, 5.74) is 7.15. The number of benzene rings is 1. The molecule has 1 aromatic rings. The predicted octanol–water partition coefficient (Wildman–Crippen LogP) is 1.82. The number of rotatable bonds is 1. The first-order chi connectivity index (χ1) is 9.41. The van der Waals surface area contributed by atoms with E-state index in [-0.39, 0.29) is 12.4 Å². The van der Waals surface area contributed by atoms with Gasteiger partial charge in [-0.3, -0.25) is 0 Å². The summed E-state index contributed by atoms with van der Waals surface area (Å²) in [5, 5.41) is 0. The first-order valence-electron chi connectivity index (χ1n) is 6.12. The van der Waals surface area contributed by atoms with E-state index < -0.39 is 24.5 Å². The molecule has 2 aliphatic heterocycles. The van der Waals surface area contributed by atoms with Gasteiger partial charge < -0.3 is 15.4 Å². The number of nitrogens with two attached hydrogens (primary N) is 1. The van der Waals surface area contributed by atoms with Crippen molar-refractivity contribution in [2.45, 2.75) is 18.4 Å². The van der Waals surface area contributed by atoms with Gasteiger partial charge in [0, 0.05) is 12.0 Å². The number of hydrogen-bond acceptors (Lipinski definition) is 5. The molecular formula is C13H13F2N3O2. The predicted molar refractivity (Wildman–Crippen MR) is 68.1 cm³/mol. The Labute approximate surface area is 114 Å². The topological polar surface area (TPSA) is 67.9 Å². The first-order valence-corrected chi connectivity index (χ1v) is 6.12. The van der Waals surface area contributed by atoms with Gasteiger partial charge in [0.1, 0.15) is 0 Å². The highest BCUT2D eigenvalue weighted by molar-refractivity contribution is 5.91. The van der Waals surface area contributed by atoms with Crippen molar-refractivity contribution in [2.24, 2.45) is 10.7 Å². The summed E-state index contributed by atoms with van der Waals surface area (Å²) >= 11 is 0. The number of methoxy groups -OCH3 is 1. The summed E-state index contributed by atoms with van der Waals surface area (Å²) < 4.78 is 31.8. The summed E-state index contributed by atoms with van der Waals surface area (Å²) in [6.45, 7) is -0.450. The number of ether oxygens (including phenoxy) is 1. The van der Waals surface area contributed by atoms with Gasteiger partial charge in [-0.2, -0.15) is 0 Å². The van der Waals surface area contributed by atoms with E-state index in [9.17, 15) is 13.6 Å². The van der Waals surface area contributed by atoms with Crippen LogP contribution < -0.4 is 5.73 Å². The number of aliphatic imine (C=N–C) groups is 1. The number of alkyl halides is 2. The lowest BCUT2D eigenvalue weighted by molar-refractivity contribution is 0.0165. The summed E-state index contributed by atoms with van der Waals surface area (Å²) in [6, 6.07) is 4.14. The van der Waals surface area contributed by atoms with E-state index in [0.29, 0.717) is 16.8 Å². The third kappa shape index (κ3) is 1.90. The fraction of sp³-hybridized carbons (Fsp3) is 0.385. The van der Waals surface area contributed by atoms with Crippen molar-refractivity contribution in [2.75, 3.05) is 13.7 Å². The summed E-state index contributed by atoms with van der Waals surface area (Å²) in [4.78, 5) is 17.0. The number of guanidine groups is 1. The van der Waals surface area contributed by atoms with Crippen LogP contribution in [0.5, 0.6) is 0 Å². The molecule has 0 unspecified atom stereocenters. The Morgan fingerprint density at radius 1 is 1.55 bits per heavy atom. The molecule has 7 heteroatoms. The van der Waals surface area contributed by atoms with Gasteiger partial charge in [0.2, 0.25) is 0 Å². The van der Waals surface area contributed by atoms with Crippen molar-refractivity contribution in [3.05, 3.63) is 29.3 Å². The number of esters is 1. The number of carbonyl (C=O) groups is 1. The fourth-order valence-electron chi connectivity index (χ4n) is 2.69. The molecule has 1 fully saturated rings. The zero-order valence-corrected chi connectivity index (χ0v) is 10.8. The van der Waals surface area contributed by atoms with Crippen molar-refractivity contribution in [3.8, 4) is 0 Å². The maximum atomic E-state index is 13.6. The molecule has 1 aromatic carbocycles. The number of hydrogen-bond donors (Lipinski definition) is 1. The third-order valence-corrected chi connectivity index (χ3v) is 3.61. The minimum atomic E-state index is -2.81. The quantitative estimate of drug-likeness (QED) is 0.797. The standard InChI is InChI=1S/C13H13F2N3O2/c1-20-11(19)7-2-3-9-8(4-7)10-5-13(14,15)6-18(10)12(16)17-9/h2-4,10H,5-6H2,1H3,(H2,16,17)/t10-/m0/s1. The fourth-order valence-corrected chi connectivity index (χ4v) is 2.69. The van der Waals surface area contributed by atoms with Crippen molar-refractivity contribution in [1.82, 2.24) is 4.90 Å². The Hall–Kier alpha value is -2.18. The Bertz CT molecular complexity index is 616. The summed E-state index contributed by atoms with van der Waals surface area (Å²) in [6.07, 6.45) is -0.332. The van der Waals surface area contributed by atoms with Gasteiger partial charge >= 0.3 is 5.97 Å². The third-order valence-electron chi connectivity index (χ3n) is 3.61. The molecule has 5 nitrogen and oxygen atoms in total. The van der Waals surface area contributed by atoms with Crippen LogP contribution in [-0.4, -0.2) is 36.4 Å². The molecule has 20 heavy (non-hydrogen) atoms. The van der Waals surface area contributed by atoms with Crippen LogP contribution in [0, 0.1) is 0 Å². The van der Waals surface area contributed by atoms with Crippen molar-refractivity contribution in [3.63, 3.8) is 0 Å². The van der Waals surface area contributed by atoms with Crippen LogP contribution in [0.2, 0.25) is 0 Å². The maximum Gasteiger partial charge on any atom is 0.337 e. The van der Waals surface area contributed by atoms with Crippen molar-refractivity contribution in [1.29, 1.82) is 0 Å². The lowest BCUT2D eigenvalue weighted by Crippen LogP contribution is -2.40. The van der Waals surface area contributed by atoms with E-state index in [1.54, 1.807) is 18.2 Å². The average Bonchev–Trinajstić information content (AvgIpc) is 2.74. The highest BCUT2D eigenvalue weighted by Gasteiger charge is 2.48. The molecule has 3 rings (SSSR count). The molecular weight excluding hydrogens is 268 g/mol. The van der Waals surface area contributed by atoms with E-state index in [1.807, 2.05) is 0 Å². The van der Waals surface area contributed by atoms with E-state index >= 15 is 0 Å². The molecule has 1 saturated heterocycles. The van der Waals surface area contributed by atoms with Crippen LogP contribution in [0.25, 0.3) is 0 Å². The minimum absolute atomic E-state index is 0.0884. The largest absolute Gasteiger partial charge is 0.465 e. The monoisotopic (exact) mass is 281 g/mol. The Balaban J connectivity index is 2.08. The molecule has 0 aliphatic carbocycles.